The second-order valence-corrected chi connectivity index (χ2v) is 6.50. The van der Waals surface area contributed by atoms with Crippen LogP contribution in [0.1, 0.15) is 21.7 Å². The molecule has 0 bridgehead atoms. The van der Waals surface area contributed by atoms with Gasteiger partial charge in [-0.2, -0.15) is 0 Å². The molecular formula is C14H15NO4S. The number of rotatable bonds is 4. The van der Waals surface area contributed by atoms with Crippen LogP contribution in [0.15, 0.2) is 45.9 Å². The predicted molar refractivity (Wildman–Crippen MR) is 74.2 cm³/mol. The molecule has 0 saturated carbocycles. The van der Waals surface area contributed by atoms with Gasteiger partial charge in [0, 0.05) is 12.8 Å². The SMILES string of the molecule is Cc1occc1C(=O)NCc1ccc(S(C)(=O)=O)cc1. The number of furan rings is 1. The Labute approximate surface area is 117 Å². The monoisotopic (exact) mass is 293 g/mol. The van der Waals surface area contributed by atoms with E-state index in [-0.39, 0.29) is 10.8 Å². The van der Waals surface area contributed by atoms with E-state index in [2.05, 4.69) is 5.32 Å². The number of benzene rings is 1. The van der Waals surface area contributed by atoms with Crippen LogP contribution in [0.5, 0.6) is 0 Å². The van der Waals surface area contributed by atoms with Crippen molar-refractivity contribution in [2.24, 2.45) is 0 Å². The Morgan fingerprint density at radius 2 is 1.85 bits per heavy atom. The van der Waals surface area contributed by atoms with Crippen molar-refractivity contribution in [2.45, 2.75) is 18.4 Å². The molecule has 2 rings (SSSR count). The molecule has 0 fully saturated rings. The molecule has 0 aliphatic heterocycles. The first-order valence-electron chi connectivity index (χ1n) is 5.99. The van der Waals surface area contributed by atoms with Crippen molar-refractivity contribution in [3.63, 3.8) is 0 Å². The first-order valence-corrected chi connectivity index (χ1v) is 7.88. The molecule has 1 N–H and O–H groups in total. The van der Waals surface area contributed by atoms with E-state index in [4.69, 9.17) is 4.42 Å². The average Bonchev–Trinajstić information content (AvgIpc) is 2.82. The molecule has 0 aliphatic rings. The fraction of sp³-hybridized carbons (Fsp3) is 0.214. The van der Waals surface area contributed by atoms with Crippen molar-refractivity contribution in [3.05, 3.63) is 53.5 Å². The van der Waals surface area contributed by atoms with Gasteiger partial charge < -0.3 is 9.73 Å². The minimum atomic E-state index is -3.19. The fourth-order valence-electron chi connectivity index (χ4n) is 1.75. The maximum atomic E-state index is 11.9. The third-order valence-electron chi connectivity index (χ3n) is 2.91. The number of hydrogen-bond donors (Lipinski definition) is 1. The minimum absolute atomic E-state index is 0.219. The summed E-state index contributed by atoms with van der Waals surface area (Å²) in [5, 5.41) is 2.75. The van der Waals surface area contributed by atoms with E-state index in [0.29, 0.717) is 17.9 Å². The number of carbonyl (C=O) groups excluding carboxylic acids is 1. The third kappa shape index (κ3) is 3.27. The van der Waals surface area contributed by atoms with Crippen LogP contribution >= 0.6 is 0 Å². The Bertz CT molecular complexity index is 714. The van der Waals surface area contributed by atoms with E-state index < -0.39 is 9.84 Å². The molecule has 1 aromatic heterocycles. The molecule has 0 radical (unpaired) electrons. The molecule has 106 valence electrons. The van der Waals surface area contributed by atoms with E-state index >= 15 is 0 Å². The van der Waals surface area contributed by atoms with Crippen LogP contribution in [-0.2, 0) is 16.4 Å². The summed E-state index contributed by atoms with van der Waals surface area (Å²) in [6.07, 6.45) is 2.62. The van der Waals surface area contributed by atoms with E-state index in [0.717, 1.165) is 11.8 Å². The highest BCUT2D eigenvalue weighted by Crippen LogP contribution is 2.11. The van der Waals surface area contributed by atoms with Gasteiger partial charge in [-0.25, -0.2) is 8.42 Å². The summed E-state index contributed by atoms with van der Waals surface area (Å²) in [5.41, 5.74) is 1.32. The molecule has 2 aromatic rings. The van der Waals surface area contributed by atoms with Crippen molar-refractivity contribution in [2.75, 3.05) is 6.26 Å². The minimum Gasteiger partial charge on any atom is -0.469 e. The fourth-order valence-corrected chi connectivity index (χ4v) is 2.38. The van der Waals surface area contributed by atoms with E-state index in [1.165, 1.54) is 18.4 Å². The standard InChI is InChI=1S/C14H15NO4S/c1-10-13(7-8-19-10)14(16)15-9-11-3-5-12(6-4-11)20(2,17)18/h3-8H,9H2,1-2H3,(H,15,16). The van der Waals surface area contributed by atoms with Gasteiger partial charge in [0.2, 0.25) is 0 Å². The molecule has 1 heterocycles. The molecule has 0 spiro atoms. The smallest absolute Gasteiger partial charge is 0.255 e. The second kappa shape index (κ2) is 5.50. The first-order chi connectivity index (χ1) is 9.38. The van der Waals surface area contributed by atoms with Gasteiger partial charge in [0.15, 0.2) is 9.84 Å². The Kier molecular flexibility index (Phi) is 3.94. The lowest BCUT2D eigenvalue weighted by Gasteiger charge is -2.05. The van der Waals surface area contributed by atoms with Gasteiger partial charge in [0.25, 0.3) is 5.91 Å². The third-order valence-corrected chi connectivity index (χ3v) is 4.04. The summed E-state index contributed by atoms with van der Waals surface area (Å²) in [6, 6.07) is 8.02. The van der Waals surface area contributed by atoms with Crippen LogP contribution < -0.4 is 5.32 Å². The van der Waals surface area contributed by atoms with Crippen LogP contribution in [0, 0.1) is 6.92 Å². The van der Waals surface area contributed by atoms with Gasteiger partial charge in [-0.3, -0.25) is 4.79 Å². The molecular weight excluding hydrogens is 278 g/mol. The van der Waals surface area contributed by atoms with Crippen LogP contribution in [-0.4, -0.2) is 20.6 Å². The largest absolute Gasteiger partial charge is 0.469 e. The van der Waals surface area contributed by atoms with Crippen molar-refractivity contribution >= 4 is 15.7 Å². The van der Waals surface area contributed by atoms with Gasteiger partial charge in [-0.1, -0.05) is 12.1 Å². The van der Waals surface area contributed by atoms with Crippen molar-refractivity contribution in [3.8, 4) is 0 Å². The Morgan fingerprint density at radius 3 is 2.35 bits per heavy atom. The zero-order valence-corrected chi connectivity index (χ0v) is 12.0. The van der Waals surface area contributed by atoms with Crippen LogP contribution in [0.4, 0.5) is 0 Å². The number of sulfone groups is 1. The molecule has 6 heteroatoms. The lowest BCUT2D eigenvalue weighted by Crippen LogP contribution is -2.22. The Morgan fingerprint density at radius 1 is 1.20 bits per heavy atom. The van der Waals surface area contributed by atoms with Gasteiger partial charge in [0.05, 0.1) is 16.7 Å². The number of amides is 1. The van der Waals surface area contributed by atoms with Gasteiger partial charge in [0.1, 0.15) is 5.76 Å². The quantitative estimate of drug-likeness (QED) is 0.934. The van der Waals surface area contributed by atoms with Gasteiger partial charge >= 0.3 is 0 Å². The van der Waals surface area contributed by atoms with E-state index in [1.54, 1.807) is 25.1 Å². The van der Waals surface area contributed by atoms with Gasteiger partial charge in [-0.05, 0) is 30.7 Å². The topological polar surface area (TPSA) is 76.4 Å². The summed E-state index contributed by atoms with van der Waals surface area (Å²) in [6.45, 7) is 2.04. The lowest BCUT2D eigenvalue weighted by molar-refractivity contribution is 0.0949. The Balaban J connectivity index is 2.02. The van der Waals surface area contributed by atoms with Crippen molar-refractivity contribution in [1.82, 2.24) is 5.32 Å². The number of hydrogen-bond acceptors (Lipinski definition) is 4. The highest BCUT2D eigenvalue weighted by atomic mass is 32.2. The summed E-state index contributed by atoms with van der Waals surface area (Å²) in [4.78, 5) is 12.1. The highest BCUT2D eigenvalue weighted by molar-refractivity contribution is 7.90. The van der Waals surface area contributed by atoms with Crippen LogP contribution in [0.25, 0.3) is 0 Å². The van der Waals surface area contributed by atoms with E-state index in [9.17, 15) is 13.2 Å². The number of carbonyl (C=O) groups is 1. The molecule has 0 saturated heterocycles. The molecule has 1 aromatic carbocycles. The molecule has 1 amide bonds. The molecule has 0 atom stereocenters. The molecule has 0 unspecified atom stereocenters. The number of aryl methyl sites for hydroxylation is 1. The van der Waals surface area contributed by atoms with E-state index in [1.807, 2.05) is 0 Å². The van der Waals surface area contributed by atoms with Gasteiger partial charge in [-0.15, -0.1) is 0 Å². The van der Waals surface area contributed by atoms with Crippen molar-refractivity contribution < 1.29 is 17.6 Å². The zero-order chi connectivity index (χ0) is 14.8. The highest BCUT2D eigenvalue weighted by Gasteiger charge is 2.11. The Hall–Kier alpha value is -2.08. The first kappa shape index (κ1) is 14.3. The molecule has 20 heavy (non-hydrogen) atoms. The summed E-state index contributed by atoms with van der Waals surface area (Å²) in [7, 11) is -3.19. The molecule has 5 nitrogen and oxygen atoms in total. The summed E-state index contributed by atoms with van der Waals surface area (Å²) in [5.74, 6) is 0.346. The maximum absolute atomic E-state index is 11.9. The predicted octanol–water partition coefficient (Wildman–Crippen LogP) is 1.92. The second-order valence-electron chi connectivity index (χ2n) is 4.49. The zero-order valence-electron chi connectivity index (χ0n) is 11.2. The lowest BCUT2D eigenvalue weighted by atomic mass is 10.2. The molecule has 0 aliphatic carbocycles. The summed E-state index contributed by atoms with van der Waals surface area (Å²) < 4.78 is 27.7. The van der Waals surface area contributed by atoms with Crippen molar-refractivity contribution in [1.29, 1.82) is 0 Å². The van der Waals surface area contributed by atoms with Crippen LogP contribution in [0.3, 0.4) is 0 Å². The van der Waals surface area contributed by atoms with Crippen LogP contribution in [0.2, 0.25) is 0 Å². The number of nitrogens with one attached hydrogen (secondary N) is 1. The maximum Gasteiger partial charge on any atom is 0.255 e. The average molecular weight is 293 g/mol. The normalized spacial score (nSPS) is 11.3. The summed E-state index contributed by atoms with van der Waals surface area (Å²) >= 11 is 0.